The summed E-state index contributed by atoms with van der Waals surface area (Å²) < 4.78 is 36.0. The molecule has 0 fully saturated rings. The Hall–Kier alpha value is -3.68. The largest absolute Gasteiger partial charge is 0.493 e. The molecule has 1 N–H and O–H groups in total. The summed E-state index contributed by atoms with van der Waals surface area (Å²) in [5.41, 5.74) is 3.01. The smallest absolute Gasteiger partial charge is 0.387 e. The maximum Gasteiger partial charge on any atom is 0.387 e. The standard InChI is InChI=1S/C21H19F2N3O3/c1-14-10-11-24-26(14)17-5-3-4-16(13-17)25-20(27)9-7-15-6-8-18(29-21(22)23)19(12-15)28-2/h3-13,21H,1-2H3,(H,25,27). The number of rotatable bonds is 7. The van der Waals surface area contributed by atoms with Gasteiger partial charge in [0.1, 0.15) is 0 Å². The van der Waals surface area contributed by atoms with E-state index >= 15 is 0 Å². The van der Waals surface area contributed by atoms with Crippen molar-refractivity contribution in [3.05, 3.63) is 72.1 Å². The van der Waals surface area contributed by atoms with Gasteiger partial charge in [0.25, 0.3) is 0 Å². The van der Waals surface area contributed by atoms with Crippen molar-refractivity contribution < 1.29 is 23.0 Å². The van der Waals surface area contributed by atoms with Gasteiger partial charge in [0.15, 0.2) is 11.5 Å². The van der Waals surface area contributed by atoms with E-state index in [1.807, 2.05) is 31.2 Å². The van der Waals surface area contributed by atoms with Crippen molar-refractivity contribution in [2.45, 2.75) is 13.5 Å². The highest BCUT2D eigenvalue weighted by molar-refractivity contribution is 6.02. The number of nitrogens with one attached hydrogen (secondary N) is 1. The van der Waals surface area contributed by atoms with Crippen LogP contribution in [0, 0.1) is 6.92 Å². The summed E-state index contributed by atoms with van der Waals surface area (Å²) in [4.78, 5) is 12.2. The number of carbonyl (C=O) groups excluding carboxylic acids is 1. The van der Waals surface area contributed by atoms with Crippen LogP contribution in [0.1, 0.15) is 11.3 Å². The van der Waals surface area contributed by atoms with Crippen LogP contribution >= 0.6 is 0 Å². The lowest BCUT2D eigenvalue weighted by Gasteiger charge is -2.10. The number of hydrogen-bond acceptors (Lipinski definition) is 4. The summed E-state index contributed by atoms with van der Waals surface area (Å²) in [6.07, 6.45) is 4.59. The monoisotopic (exact) mass is 399 g/mol. The number of halogens is 2. The molecular weight excluding hydrogens is 380 g/mol. The molecule has 150 valence electrons. The highest BCUT2D eigenvalue weighted by Gasteiger charge is 2.10. The second-order valence-corrected chi connectivity index (χ2v) is 6.05. The molecule has 0 spiro atoms. The number of aryl methyl sites for hydroxylation is 1. The fraction of sp³-hybridized carbons (Fsp3) is 0.143. The average Bonchev–Trinajstić information content (AvgIpc) is 3.13. The van der Waals surface area contributed by atoms with Crippen molar-refractivity contribution in [2.24, 2.45) is 0 Å². The molecule has 0 saturated heterocycles. The van der Waals surface area contributed by atoms with Gasteiger partial charge in [-0.25, -0.2) is 4.68 Å². The van der Waals surface area contributed by atoms with Crippen LogP contribution in [-0.4, -0.2) is 29.4 Å². The molecule has 0 atom stereocenters. The molecule has 0 aliphatic rings. The highest BCUT2D eigenvalue weighted by atomic mass is 19.3. The predicted octanol–water partition coefficient (Wildman–Crippen LogP) is 4.44. The first kappa shape index (κ1) is 20.1. The predicted molar refractivity (Wildman–Crippen MR) is 106 cm³/mol. The minimum Gasteiger partial charge on any atom is -0.493 e. The Morgan fingerprint density at radius 1 is 1.17 bits per heavy atom. The Morgan fingerprint density at radius 3 is 2.69 bits per heavy atom. The third-order valence-corrected chi connectivity index (χ3v) is 4.02. The first-order valence-electron chi connectivity index (χ1n) is 8.69. The van der Waals surface area contributed by atoms with Crippen LogP contribution in [0.15, 0.2) is 60.8 Å². The van der Waals surface area contributed by atoms with Crippen LogP contribution in [0.3, 0.4) is 0 Å². The lowest BCUT2D eigenvalue weighted by Crippen LogP contribution is -2.08. The fourth-order valence-electron chi connectivity index (χ4n) is 2.69. The van der Waals surface area contributed by atoms with Crippen molar-refractivity contribution >= 4 is 17.7 Å². The van der Waals surface area contributed by atoms with Gasteiger partial charge in [-0.3, -0.25) is 4.79 Å². The SMILES string of the molecule is COc1cc(C=CC(=O)Nc2cccc(-n3nccc3C)c2)ccc1OC(F)F. The quantitative estimate of drug-likeness (QED) is 0.597. The van der Waals surface area contributed by atoms with Gasteiger partial charge in [-0.1, -0.05) is 12.1 Å². The van der Waals surface area contributed by atoms with Gasteiger partial charge in [-0.15, -0.1) is 0 Å². The van der Waals surface area contributed by atoms with Crippen molar-refractivity contribution in [3.63, 3.8) is 0 Å². The van der Waals surface area contributed by atoms with E-state index in [2.05, 4.69) is 15.2 Å². The maximum atomic E-state index is 12.4. The minimum absolute atomic E-state index is 0.0742. The van der Waals surface area contributed by atoms with Crippen LogP contribution in [0.2, 0.25) is 0 Å². The van der Waals surface area contributed by atoms with Crippen LogP contribution in [0.4, 0.5) is 14.5 Å². The van der Waals surface area contributed by atoms with Crippen molar-refractivity contribution in [1.29, 1.82) is 0 Å². The molecule has 0 aliphatic heterocycles. The van der Waals surface area contributed by atoms with Gasteiger partial charge in [-0.2, -0.15) is 13.9 Å². The lowest BCUT2D eigenvalue weighted by atomic mass is 10.2. The van der Waals surface area contributed by atoms with Crippen molar-refractivity contribution in [2.75, 3.05) is 12.4 Å². The van der Waals surface area contributed by atoms with E-state index < -0.39 is 6.61 Å². The minimum atomic E-state index is -2.95. The van der Waals surface area contributed by atoms with Gasteiger partial charge < -0.3 is 14.8 Å². The van der Waals surface area contributed by atoms with Gasteiger partial charge >= 0.3 is 6.61 Å². The second-order valence-electron chi connectivity index (χ2n) is 6.05. The normalized spacial score (nSPS) is 11.1. The molecule has 2 aromatic carbocycles. The van der Waals surface area contributed by atoms with Crippen LogP contribution in [-0.2, 0) is 4.79 Å². The molecule has 3 aromatic rings. The van der Waals surface area contributed by atoms with E-state index in [0.717, 1.165) is 11.4 Å². The van der Waals surface area contributed by atoms with Crippen LogP contribution in [0.5, 0.6) is 11.5 Å². The molecule has 1 heterocycles. The molecule has 0 saturated carbocycles. The first-order valence-corrected chi connectivity index (χ1v) is 8.69. The number of anilines is 1. The summed E-state index contributed by atoms with van der Waals surface area (Å²) >= 11 is 0. The lowest BCUT2D eigenvalue weighted by molar-refractivity contribution is -0.111. The summed E-state index contributed by atoms with van der Waals surface area (Å²) in [7, 11) is 1.35. The summed E-state index contributed by atoms with van der Waals surface area (Å²) in [5, 5.41) is 7.02. The molecule has 0 unspecified atom stereocenters. The van der Waals surface area contributed by atoms with E-state index in [9.17, 15) is 13.6 Å². The third kappa shape index (κ3) is 5.19. The molecule has 0 radical (unpaired) electrons. The average molecular weight is 399 g/mol. The second kappa shape index (κ2) is 9.01. The summed E-state index contributed by atoms with van der Waals surface area (Å²) in [6, 6.07) is 13.6. The summed E-state index contributed by atoms with van der Waals surface area (Å²) in [5.74, 6) is -0.267. The first-order chi connectivity index (χ1) is 14.0. The molecule has 0 bridgehead atoms. The van der Waals surface area contributed by atoms with Crippen molar-refractivity contribution in [1.82, 2.24) is 9.78 Å². The fourth-order valence-corrected chi connectivity index (χ4v) is 2.69. The number of carbonyl (C=O) groups is 1. The number of alkyl halides is 2. The van der Waals surface area contributed by atoms with E-state index in [1.165, 1.54) is 25.3 Å². The number of hydrogen-bond donors (Lipinski definition) is 1. The molecule has 0 aliphatic carbocycles. The molecule has 3 rings (SSSR count). The molecular formula is C21H19F2N3O3. The Kier molecular flexibility index (Phi) is 6.23. The van der Waals surface area contributed by atoms with E-state index in [0.29, 0.717) is 11.3 Å². The van der Waals surface area contributed by atoms with Crippen molar-refractivity contribution in [3.8, 4) is 17.2 Å². The zero-order valence-corrected chi connectivity index (χ0v) is 15.8. The Labute approximate surface area is 166 Å². The molecule has 8 heteroatoms. The van der Waals surface area contributed by atoms with Crippen LogP contribution < -0.4 is 14.8 Å². The molecule has 29 heavy (non-hydrogen) atoms. The zero-order chi connectivity index (χ0) is 20.8. The number of ether oxygens (including phenoxy) is 2. The van der Waals surface area contributed by atoms with Gasteiger partial charge in [0, 0.05) is 23.7 Å². The topological polar surface area (TPSA) is 65.4 Å². The van der Waals surface area contributed by atoms with Gasteiger partial charge in [0.2, 0.25) is 5.91 Å². The zero-order valence-electron chi connectivity index (χ0n) is 15.8. The number of nitrogens with zero attached hydrogens (tertiary/aromatic N) is 2. The van der Waals surface area contributed by atoms with E-state index in [4.69, 9.17) is 4.74 Å². The molecule has 6 nitrogen and oxygen atoms in total. The third-order valence-electron chi connectivity index (χ3n) is 4.02. The van der Waals surface area contributed by atoms with E-state index in [1.54, 1.807) is 29.1 Å². The Bertz CT molecular complexity index is 1030. The maximum absolute atomic E-state index is 12.4. The van der Waals surface area contributed by atoms with Gasteiger partial charge in [-0.05, 0) is 55.0 Å². The summed E-state index contributed by atoms with van der Waals surface area (Å²) in [6.45, 7) is -1.01. The Balaban J connectivity index is 1.69. The molecule has 1 amide bonds. The number of benzene rings is 2. The number of aromatic nitrogens is 2. The molecule has 1 aromatic heterocycles. The van der Waals surface area contributed by atoms with Crippen LogP contribution in [0.25, 0.3) is 11.8 Å². The number of methoxy groups -OCH3 is 1. The number of amides is 1. The highest BCUT2D eigenvalue weighted by Crippen LogP contribution is 2.29. The Morgan fingerprint density at radius 2 is 2.00 bits per heavy atom. The van der Waals surface area contributed by atoms with E-state index in [-0.39, 0.29) is 17.4 Å². The van der Waals surface area contributed by atoms with Gasteiger partial charge in [0.05, 0.1) is 12.8 Å².